The van der Waals surface area contributed by atoms with Gasteiger partial charge in [-0.15, -0.1) is 0 Å². The van der Waals surface area contributed by atoms with Crippen molar-refractivity contribution in [3.8, 4) is 0 Å². The molecule has 0 aliphatic rings. The summed E-state index contributed by atoms with van der Waals surface area (Å²) in [6, 6.07) is 4.60. The van der Waals surface area contributed by atoms with Gasteiger partial charge in [0.1, 0.15) is 5.60 Å². The zero-order chi connectivity index (χ0) is 10.1. The fourth-order valence-corrected chi connectivity index (χ4v) is 1.43. The molecule has 0 aliphatic carbocycles. The zero-order valence-corrected chi connectivity index (χ0v) is 8.43. The minimum atomic E-state index is -1.58. The Labute approximate surface area is 86.1 Å². The normalized spacial score (nSPS) is 15.1. The van der Waals surface area contributed by atoms with Gasteiger partial charge < -0.3 is 5.11 Å². The maximum absolute atomic E-state index is 10.5. The molecule has 2 nitrogen and oxygen atoms in total. The van der Waals surface area contributed by atoms with Crippen molar-refractivity contribution in [2.24, 2.45) is 0 Å². The minimum Gasteiger partial charge on any atom is -0.378 e. The summed E-state index contributed by atoms with van der Waals surface area (Å²) in [6.45, 7) is 1.36. The Morgan fingerprint density at radius 3 is 2.62 bits per heavy atom. The average molecular weight is 219 g/mol. The molecule has 1 aromatic rings. The van der Waals surface area contributed by atoms with Crippen molar-refractivity contribution in [2.45, 2.75) is 12.5 Å². The van der Waals surface area contributed by atoms with E-state index in [-0.39, 0.29) is 0 Å². The predicted molar refractivity (Wildman–Crippen MR) is 52.1 cm³/mol. The van der Waals surface area contributed by atoms with Crippen LogP contribution in [0.3, 0.4) is 0 Å². The summed E-state index contributed by atoms with van der Waals surface area (Å²) in [5.41, 5.74) is -1.27. The molecule has 0 aromatic heterocycles. The van der Waals surface area contributed by atoms with E-state index in [0.717, 1.165) is 0 Å². The number of aliphatic hydroxyl groups is 1. The molecular formula is C9H8Cl2O2. The smallest absolute Gasteiger partial charge is 0.155 e. The molecule has 1 atom stereocenters. The van der Waals surface area contributed by atoms with Gasteiger partial charge in [0.15, 0.2) is 6.29 Å². The first-order valence-corrected chi connectivity index (χ1v) is 4.37. The molecule has 0 heterocycles. The quantitative estimate of drug-likeness (QED) is 0.775. The van der Waals surface area contributed by atoms with E-state index in [9.17, 15) is 9.90 Å². The molecule has 1 unspecified atom stereocenters. The third-order valence-corrected chi connectivity index (χ3v) is 2.27. The van der Waals surface area contributed by atoms with Crippen molar-refractivity contribution in [2.75, 3.05) is 0 Å². The maximum Gasteiger partial charge on any atom is 0.155 e. The molecule has 0 saturated heterocycles. The molecule has 1 rings (SSSR count). The van der Waals surface area contributed by atoms with E-state index in [2.05, 4.69) is 0 Å². The Hall–Kier alpha value is -0.570. The molecular weight excluding hydrogens is 211 g/mol. The lowest BCUT2D eigenvalue weighted by Crippen LogP contribution is -2.23. The minimum absolute atomic E-state index is 0.316. The number of carbonyl (C=O) groups is 1. The molecule has 4 heteroatoms. The van der Waals surface area contributed by atoms with Gasteiger partial charge in [0.2, 0.25) is 0 Å². The van der Waals surface area contributed by atoms with Crippen LogP contribution in [0.2, 0.25) is 10.0 Å². The number of aldehydes is 1. The van der Waals surface area contributed by atoms with Crippen LogP contribution in [0.4, 0.5) is 0 Å². The SMILES string of the molecule is CC(O)(C=O)c1cc(Cl)ccc1Cl. The van der Waals surface area contributed by atoms with Gasteiger partial charge >= 0.3 is 0 Å². The third kappa shape index (κ3) is 2.21. The lowest BCUT2D eigenvalue weighted by atomic mass is 9.98. The van der Waals surface area contributed by atoms with Gasteiger partial charge in [0.25, 0.3) is 0 Å². The Morgan fingerprint density at radius 2 is 2.08 bits per heavy atom. The monoisotopic (exact) mass is 218 g/mol. The molecule has 0 spiro atoms. The Morgan fingerprint density at radius 1 is 1.46 bits per heavy atom. The highest BCUT2D eigenvalue weighted by Crippen LogP contribution is 2.28. The molecule has 0 saturated carbocycles. The van der Waals surface area contributed by atoms with Crippen LogP contribution >= 0.6 is 23.2 Å². The van der Waals surface area contributed by atoms with Gasteiger partial charge in [-0.2, -0.15) is 0 Å². The van der Waals surface area contributed by atoms with Gasteiger partial charge in [-0.1, -0.05) is 23.2 Å². The van der Waals surface area contributed by atoms with Gasteiger partial charge in [-0.05, 0) is 25.1 Å². The number of benzene rings is 1. The molecule has 0 bridgehead atoms. The Balaban J connectivity index is 3.28. The third-order valence-electron chi connectivity index (χ3n) is 1.70. The van der Waals surface area contributed by atoms with Crippen LogP contribution in [0.25, 0.3) is 0 Å². The van der Waals surface area contributed by atoms with Crippen LogP contribution in [0.15, 0.2) is 18.2 Å². The summed E-state index contributed by atoms with van der Waals surface area (Å²) in [5, 5.41) is 10.3. The molecule has 1 N–H and O–H groups in total. The maximum atomic E-state index is 10.5. The summed E-state index contributed by atoms with van der Waals surface area (Å²) < 4.78 is 0. The summed E-state index contributed by atoms with van der Waals surface area (Å²) in [5.74, 6) is 0. The van der Waals surface area contributed by atoms with E-state index in [1.807, 2.05) is 0 Å². The number of carbonyl (C=O) groups excluding carboxylic acids is 1. The van der Waals surface area contributed by atoms with E-state index in [0.29, 0.717) is 21.9 Å². The summed E-state index contributed by atoms with van der Waals surface area (Å²) in [6.07, 6.45) is 0.421. The average Bonchev–Trinajstić information content (AvgIpc) is 2.09. The molecule has 0 amide bonds. The van der Waals surface area contributed by atoms with Crippen molar-refractivity contribution in [1.29, 1.82) is 0 Å². The van der Waals surface area contributed by atoms with Crippen LogP contribution < -0.4 is 0 Å². The van der Waals surface area contributed by atoms with E-state index in [4.69, 9.17) is 23.2 Å². The van der Waals surface area contributed by atoms with E-state index < -0.39 is 5.60 Å². The summed E-state index contributed by atoms with van der Waals surface area (Å²) >= 11 is 11.5. The number of hydrogen-bond acceptors (Lipinski definition) is 2. The van der Waals surface area contributed by atoms with Crippen molar-refractivity contribution in [3.05, 3.63) is 33.8 Å². The van der Waals surface area contributed by atoms with Crippen LogP contribution in [-0.4, -0.2) is 11.4 Å². The van der Waals surface area contributed by atoms with Gasteiger partial charge in [0, 0.05) is 15.6 Å². The molecule has 1 aromatic carbocycles. The van der Waals surface area contributed by atoms with Crippen LogP contribution in [0.1, 0.15) is 12.5 Å². The first kappa shape index (κ1) is 10.5. The first-order valence-electron chi connectivity index (χ1n) is 3.61. The molecule has 0 aliphatic heterocycles. The molecule has 0 radical (unpaired) electrons. The van der Waals surface area contributed by atoms with Crippen molar-refractivity contribution < 1.29 is 9.90 Å². The van der Waals surface area contributed by atoms with Gasteiger partial charge in [-0.3, -0.25) is 4.79 Å². The van der Waals surface area contributed by atoms with Crippen molar-refractivity contribution in [1.82, 2.24) is 0 Å². The van der Waals surface area contributed by atoms with Crippen LogP contribution in [-0.2, 0) is 10.4 Å². The van der Waals surface area contributed by atoms with Crippen LogP contribution in [0, 0.1) is 0 Å². The second kappa shape index (κ2) is 3.66. The van der Waals surface area contributed by atoms with E-state index in [1.165, 1.54) is 19.1 Å². The lowest BCUT2D eigenvalue weighted by Gasteiger charge is -2.17. The number of hydrogen-bond donors (Lipinski definition) is 1. The largest absolute Gasteiger partial charge is 0.378 e. The number of rotatable bonds is 2. The van der Waals surface area contributed by atoms with E-state index >= 15 is 0 Å². The predicted octanol–water partition coefficient (Wildman–Crippen LogP) is 2.40. The molecule has 0 fully saturated rings. The Kier molecular flexibility index (Phi) is 2.96. The summed E-state index contributed by atoms with van der Waals surface area (Å²) in [7, 11) is 0. The standard InChI is InChI=1S/C9H8Cl2O2/c1-9(13,5-12)7-4-6(10)2-3-8(7)11/h2-5,13H,1H3. The second-order valence-electron chi connectivity index (χ2n) is 2.89. The van der Waals surface area contributed by atoms with Crippen molar-refractivity contribution >= 4 is 29.5 Å². The lowest BCUT2D eigenvalue weighted by molar-refractivity contribution is -0.123. The highest BCUT2D eigenvalue weighted by molar-refractivity contribution is 6.33. The summed E-state index contributed by atoms with van der Waals surface area (Å²) in [4.78, 5) is 10.5. The zero-order valence-electron chi connectivity index (χ0n) is 6.92. The molecule has 70 valence electrons. The first-order chi connectivity index (χ1) is 5.97. The fourth-order valence-electron chi connectivity index (χ4n) is 0.949. The van der Waals surface area contributed by atoms with Gasteiger partial charge in [-0.25, -0.2) is 0 Å². The Bertz CT molecular complexity index is 334. The topological polar surface area (TPSA) is 37.3 Å². The second-order valence-corrected chi connectivity index (χ2v) is 3.73. The highest BCUT2D eigenvalue weighted by atomic mass is 35.5. The van der Waals surface area contributed by atoms with E-state index in [1.54, 1.807) is 6.07 Å². The van der Waals surface area contributed by atoms with Crippen molar-refractivity contribution in [3.63, 3.8) is 0 Å². The number of halogens is 2. The van der Waals surface area contributed by atoms with Gasteiger partial charge in [0.05, 0.1) is 0 Å². The highest BCUT2D eigenvalue weighted by Gasteiger charge is 2.24. The van der Waals surface area contributed by atoms with Crippen LogP contribution in [0.5, 0.6) is 0 Å². The fraction of sp³-hybridized carbons (Fsp3) is 0.222. The molecule has 13 heavy (non-hydrogen) atoms.